The van der Waals surface area contributed by atoms with Crippen LogP contribution in [0.3, 0.4) is 0 Å². The Kier molecular flexibility index (Phi) is 4.23. The molecule has 17 heavy (non-hydrogen) atoms. The Balaban J connectivity index is 3.12. The highest BCUT2D eigenvalue weighted by atomic mass is 16.6. The molecule has 1 rings (SSSR count). The fraction of sp³-hybridized carbons (Fsp3) is 0.333. The van der Waals surface area contributed by atoms with Crippen LogP contribution >= 0.6 is 0 Å². The maximum atomic E-state index is 10.6. The van der Waals surface area contributed by atoms with Crippen molar-refractivity contribution in [2.24, 2.45) is 0 Å². The van der Waals surface area contributed by atoms with E-state index in [9.17, 15) is 15.2 Å². The largest absolute Gasteiger partial charge is 0.486 e. The Bertz CT molecular complexity index is 429. The molecule has 0 aromatic heterocycles. The van der Waals surface area contributed by atoms with Crippen molar-refractivity contribution in [2.45, 2.75) is 26.1 Å². The fourth-order valence-corrected chi connectivity index (χ4v) is 1.33. The van der Waals surface area contributed by atoms with Crippen molar-refractivity contribution in [2.75, 3.05) is 0 Å². The van der Waals surface area contributed by atoms with Crippen LogP contribution in [0.1, 0.15) is 25.5 Å². The second kappa shape index (κ2) is 5.45. The number of aliphatic hydroxyl groups is 1. The molecule has 2 atom stereocenters. The van der Waals surface area contributed by atoms with E-state index in [1.807, 2.05) is 0 Å². The van der Waals surface area contributed by atoms with E-state index >= 15 is 0 Å². The Labute approximate surface area is 99.5 Å². The second-order valence-electron chi connectivity index (χ2n) is 3.71. The zero-order chi connectivity index (χ0) is 13.0. The number of hydrogen-bond donors (Lipinski definition) is 1. The van der Waals surface area contributed by atoms with Crippen molar-refractivity contribution in [1.82, 2.24) is 0 Å². The van der Waals surface area contributed by atoms with E-state index in [0.29, 0.717) is 11.3 Å². The molecule has 0 bridgehead atoms. The molecule has 2 unspecified atom stereocenters. The van der Waals surface area contributed by atoms with Crippen LogP contribution in [0.25, 0.3) is 0 Å². The topological polar surface area (TPSA) is 72.6 Å². The molecule has 1 N–H and O–H groups in total. The first-order chi connectivity index (χ1) is 7.95. The third-order valence-electron chi connectivity index (χ3n) is 2.30. The number of nitro benzene ring substituents is 1. The average Bonchev–Trinajstić information content (AvgIpc) is 2.28. The lowest BCUT2D eigenvalue weighted by Gasteiger charge is -2.15. The third kappa shape index (κ3) is 3.29. The first-order valence-electron chi connectivity index (χ1n) is 5.21. The number of nitro groups is 1. The lowest BCUT2D eigenvalue weighted by Crippen LogP contribution is -2.10. The Hall–Kier alpha value is -1.88. The minimum absolute atomic E-state index is 0.0699. The van der Waals surface area contributed by atoms with Gasteiger partial charge in [-0.2, -0.15) is 0 Å². The smallest absolute Gasteiger partial charge is 0.270 e. The summed E-state index contributed by atoms with van der Waals surface area (Å²) in [4.78, 5) is 10.1. The summed E-state index contributed by atoms with van der Waals surface area (Å²) < 4.78 is 5.49. The molecule has 1 aromatic carbocycles. The molecule has 1 aromatic rings. The Morgan fingerprint density at radius 1 is 1.53 bits per heavy atom. The maximum Gasteiger partial charge on any atom is 0.270 e. The van der Waals surface area contributed by atoms with E-state index in [0.717, 1.165) is 0 Å². The second-order valence-corrected chi connectivity index (χ2v) is 3.71. The molecule has 0 spiro atoms. The number of non-ortho nitro benzene ring substituents is 1. The van der Waals surface area contributed by atoms with Crippen molar-refractivity contribution < 1.29 is 14.8 Å². The highest BCUT2D eigenvalue weighted by molar-refractivity contribution is 5.45. The van der Waals surface area contributed by atoms with Crippen molar-refractivity contribution in [3.05, 3.63) is 46.5 Å². The summed E-state index contributed by atoms with van der Waals surface area (Å²) in [7, 11) is 0. The van der Waals surface area contributed by atoms with Gasteiger partial charge in [-0.25, -0.2) is 0 Å². The standard InChI is InChI=1S/C12H15NO4/c1-4-8(2)17-12-6-5-10(13(15)16)7-11(12)9(3)14/h4-9,14H,1H2,2-3H3. The lowest BCUT2D eigenvalue weighted by atomic mass is 10.1. The number of benzene rings is 1. The van der Waals surface area contributed by atoms with Crippen LogP contribution in [-0.2, 0) is 0 Å². The summed E-state index contributed by atoms with van der Waals surface area (Å²) in [6, 6.07) is 4.15. The summed E-state index contributed by atoms with van der Waals surface area (Å²) in [5.41, 5.74) is 0.326. The molecule has 0 amide bonds. The number of nitrogens with zero attached hydrogens (tertiary/aromatic N) is 1. The lowest BCUT2D eigenvalue weighted by molar-refractivity contribution is -0.385. The minimum atomic E-state index is -0.832. The molecule has 0 radical (unpaired) electrons. The van der Waals surface area contributed by atoms with E-state index in [1.54, 1.807) is 13.0 Å². The van der Waals surface area contributed by atoms with Gasteiger partial charge < -0.3 is 9.84 Å². The molecule has 0 heterocycles. The predicted molar refractivity (Wildman–Crippen MR) is 64.0 cm³/mol. The third-order valence-corrected chi connectivity index (χ3v) is 2.30. The van der Waals surface area contributed by atoms with Crippen LogP contribution in [0.15, 0.2) is 30.9 Å². The van der Waals surface area contributed by atoms with Gasteiger partial charge in [0.1, 0.15) is 11.9 Å². The SMILES string of the molecule is C=CC(C)Oc1ccc([N+](=O)[O-])cc1C(C)O. The Morgan fingerprint density at radius 2 is 2.18 bits per heavy atom. The van der Waals surface area contributed by atoms with Crippen molar-refractivity contribution in [3.8, 4) is 5.75 Å². The summed E-state index contributed by atoms with van der Waals surface area (Å²) >= 11 is 0. The highest BCUT2D eigenvalue weighted by Gasteiger charge is 2.16. The quantitative estimate of drug-likeness (QED) is 0.485. The van der Waals surface area contributed by atoms with Crippen LogP contribution in [0.4, 0.5) is 5.69 Å². The number of ether oxygens (including phenoxy) is 1. The Morgan fingerprint density at radius 3 is 2.65 bits per heavy atom. The van der Waals surface area contributed by atoms with Crippen LogP contribution in [0.2, 0.25) is 0 Å². The van der Waals surface area contributed by atoms with E-state index in [2.05, 4.69) is 6.58 Å². The molecule has 0 aliphatic heterocycles. The van der Waals surface area contributed by atoms with E-state index in [1.165, 1.54) is 25.1 Å². The molecule has 0 saturated carbocycles. The summed E-state index contributed by atoms with van der Waals surface area (Å²) in [6.07, 6.45) is 0.545. The zero-order valence-electron chi connectivity index (χ0n) is 9.79. The maximum absolute atomic E-state index is 10.6. The predicted octanol–water partition coefficient (Wildman–Crippen LogP) is 2.60. The fourth-order valence-electron chi connectivity index (χ4n) is 1.33. The number of aliphatic hydroxyl groups excluding tert-OH is 1. The average molecular weight is 237 g/mol. The molecule has 0 saturated heterocycles. The molecular weight excluding hydrogens is 222 g/mol. The van der Waals surface area contributed by atoms with Crippen molar-refractivity contribution in [1.29, 1.82) is 0 Å². The molecule has 0 aliphatic rings. The van der Waals surface area contributed by atoms with Gasteiger partial charge in [0, 0.05) is 17.7 Å². The molecule has 0 fully saturated rings. The molecular formula is C12H15NO4. The van der Waals surface area contributed by atoms with E-state index in [4.69, 9.17) is 4.74 Å². The van der Waals surface area contributed by atoms with Gasteiger partial charge in [0.15, 0.2) is 0 Å². The van der Waals surface area contributed by atoms with Gasteiger partial charge in [0.25, 0.3) is 5.69 Å². The van der Waals surface area contributed by atoms with Crippen LogP contribution in [-0.4, -0.2) is 16.1 Å². The van der Waals surface area contributed by atoms with Gasteiger partial charge in [-0.3, -0.25) is 10.1 Å². The molecule has 5 nitrogen and oxygen atoms in total. The summed E-state index contributed by atoms with van der Waals surface area (Å²) in [5, 5.41) is 20.2. The first kappa shape index (κ1) is 13.2. The molecule has 5 heteroatoms. The van der Waals surface area contributed by atoms with Gasteiger partial charge in [-0.15, -0.1) is 0 Å². The van der Waals surface area contributed by atoms with Gasteiger partial charge in [-0.05, 0) is 19.9 Å². The van der Waals surface area contributed by atoms with E-state index in [-0.39, 0.29) is 11.8 Å². The summed E-state index contributed by atoms with van der Waals surface area (Å²) in [6.45, 7) is 6.91. The number of hydrogen-bond acceptors (Lipinski definition) is 4. The van der Waals surface area contributed by atoms with Gasteiger partial charge in [0.05, 0.1) is 11.0 Å². The normalized spacial score (nSPS) is 13.8. The minimum Gasteiger partial charge on any atom is -0.486 e. The van der Waals surface area contributed by atoms with E-state index < -0.39 is 11.0 Å². The van der Waals surface area contributed by atoms with Crippen LogP contribution < -0.4 is 4.74 Å². The van der Waals surface area contributed by atoms with Gasteiger partial charge in [0.2, 0.25) is 0 Å². The van der Waals surface area contributed by atoms with Gasteiger partial charge >= 0.3 is 0 Å². The monoisotopic (exact) mass is 237 g/mol. The number of rotatable bonds is 5. The van der Waals surface area contributed by atoms with Crippen molar-refractivity contribution >= 4 is 5.69 Å². The molecule has 92 valence electrons. The molecule has 0 aliphatic carbocycles. The zero-order valence-corrected chi connectivity index (χ0v) is 9.79. The van der Waals surface area contributed by atoms with Gasteiger partial charge in [-0.1, -0.05) is 12.7 Å². The first-order valence-corrected chi connectivity index (χ1v) is 5.21. The van der Waals surface area contributed by atoms with Crippen LogP contribution in [0.5, 0.6) is 5.75 Å². The van der Waals surface area contributed by atoms with Crippen molar-refractivity contribution in [3.63, 3.8) is 0 Å². The summed E-state index contributed by atoms with van der Waals surface area (Å²) in [5.74, 6) is 0.429. The van der Waals surface area contributed by atoms with Crippen LogP contribution in [0, 0.1) is 10.1 Å². The highest BCUT2D eigenvalue weighted by Crippen LogP contribution is 2.30.